The summed E-state index contributed by atoms with van der Waals surface area (Å²) in [5.41, 5.74) is 3.15. The molecule has 2 N–H and O–H groups in total. The molecule has 1 fully saturated rings. The Hall–Kier alpha value is -2.00. The second-order valence-corrected chi connectivity index (χ2v) is 8.36. The molecular formula is C24H34ClN3. The number of aliphatic imine (C=N–C) groups is 1. The minimum atomic E-state index is 0.0451. The molecule has 3 unspecified atom stereocenters. The lowest BCUT2D eigenvalue weighted by Gasteiger charge is -2.44. The number of rotatable bonds is 10. The van der Waals surface area contributed by atoms with Gasteiger partial charge in [0.2, 0.25) is 0 Å². The van der Waals surface area contributed by atoms with Crippen molar-refractivity contribution in [3.05, 3.63) is 66.0 Å². The van der Waals surface area contributed by atoms with Crippen LogP contribution in [0, 0.1) is 5.92 Å². The third kappa shape index (κ3) is 6.27. The van der Waals surface area contributed by atoms with Gasteiger partial charge in [0.25, 0.3) is 0 Å². The molecule has 1 aromatic carbocycles. The molecule has 1 aromatic rings. The molecule has 3 nitrogen and oxygen atoms in total. The molecule has 0 aromatic heterocycles. The predicted molar refractivity (Wildman–Crippen MR) is 124 cm³/mol. The third-order valence-electron chi connectivity index (χ3n) is 5.55. The number of hydrogen-bond acceptors (Lipinski definition) is 3. The smallest absolute Gasteiger partial charge is 0.0430 e. The maximum atomic E-state index is 6.17. The summed E-state index contributed by atoms with van der Waals surface area (Å²) in [6, 6.07) is 8.08. The lowest BCUT2D eigenvalue weighted by Crippen LogP contribution is -2.48. The van der Waals surface area contributed by atoms with E-state index in [1.165, 1.54) is 12.8 Å². The largest absolute Gasteiger partial charge is 0.383 e. The minimum Gasteiger partial charge on any atom is -0.383 e. The molecule has 1 saturated carbocycles. The van der Waals surface area contributed by atoms with Crippen LogP contribution < -0.4 is 10.6 Å². The Kier molecular flexibility index (Phi) is 8.37. The molecule has 0 bridgehead atoms. The van der Waals surface area contributed by atoms with Crippen LogP contribution in [-0.2, 0) is 0 Å². The van der Waals surface area contributed by atoms with Crippen molar-refractivity contribution in [1.29, 1.82) is 0 Å². The zero-order chi connectivity index (χ0) is 20.6. The molecule has 3 atom stereocenters. The summed E-state index contributed by atoms with van der Waals surface area (Å²) in [6.07, 6.45) is 10.5. The lowest BCUT2D eigenvalue weighted by atomic mass is 9.72. The van der Waals surface area contributed by atoms with Crippen molar-refractivity contribution in [1.82, 2.24) is 10.6 Å². The third-order valence-corrected chi connectivity index (χ3v) is 5.78. The first-order valence-corrected chi connectivity index (χ1v) is 10.6. The van der Waals surface area contributed by atoms with E-state index in [1.54, 1.807) is 6.20 Å². The quantitative estimate of drug-likeness (QED) is 0.450. The van der Waals surface area contributed by atoms with Gasteiger partial charge in [0.05, 0.1) is 0 Å². The Morgan fingerprint density at radius 1 is 1.43 bits per heavy atom. The van der Waals surface area contributed by atoms with E-state index >= 15 is 0 Å². The van der Waals surface area contributed by atoms with E-state index in [2.05, 4.69) is 55.4 Å². The fourth-order valence-electron chi connectivity index (χ4n) is 4.26. The fraction of sp³-hybridized carbons (Fsp3) is 0.458. The van der Waals surface area contributed by atoms with Gasteiger partial charge in [-0.25, -0.2) is 0 Å². The van der Waals surface area contributed by atoms with Gasteiger partial charge in [-0.2, -0.15) is 0 Å². The van der Waals surface area contributed by atoms with Crippen molar-refractivity contribution in [3.8, 4) is 0 Å². The molecule has 0 aliphatic heterocycles. The van der Waals surface area contributed by atoms with E-state index < -0.39 is 0 Å². The molecular weight excluding hydrogens is 366 g/mol. The first-order chi connectivity index (χ1) is 13.4. The number of nitrogens with zero attached hydrogens (tertiary/aromatic N) is 1. The van der Waals surface area contributed by atoms with Crippen molar-refractivity contribution in [2.75, 3.05) is 0 Å². The number of nitrogens with one attached hydrogen (secondary N) is 2. The summed E-state index contributed by atoms with van der Waals surface area (Å²) < 4.78 is 0. The summed E-state index contributed by atoms with van der Waals surface area (Å²) >= 11 is 6.17. The number of hydrogen-bond donors (Lipinski definition) is 2. The standard InChI is InChI=1S/C24H34ClN3/c1-6-13-24(28-20(4)21-9-7-11-23(25)16-21)14-8-10-22(17-24)19(3)27-18(2)12-15-26-5/h7,9,11-12,15-16,18,22,27-28H,3-6,8,10,13-14,17H2,1-2H3/b15-12-. The van der Waals surface area contributed by atoms with Crippen molar-refractivity contribution in [3.63, 3.8) is 0 Å². The SMILES string of the molecule is C=N/C=C\C(C)NC(=C)C1CCCC(CCC)(NC(=C)c2cccc(Cl)c2)C1. The molecule has 1 aliphatic carbocycles. The highest BCUT2D eigenvalue weighted by molar-refractivity contribution is 6.30. The summed E-state index contributed by atoms with van der Waals surface area (Å²) in [4.78, 5) is 3.78. The van der Waals surface area contributed by atoms with Crippen molar-refractivity contribution >= 4 is 24.0 Å². The van der Waals surface area contributed by atoms with E-state index in [0.717, 1.165) is 47.7 Å². The normalized spacial score (nSPS) is 23.2. The van der Waals surface area contributed by atoms with E-state index in [4.69, 9.17) is 11.6 Å². The van der Waals surface area contributed by atoms with E-state index in [0.29, 0.717) is 5.92 Å². The van der Waals surface area contributed by atoms with Gasteiger partial charge in [0.15, 0.2) is 0 Å². The van der Waals surface area contributed by atoms with Crippen LogP contribution in [0.15, 0.2) is 60.4 Å². The van der Waals surface area contributed by atoms with Crippen LogP contribution in [-0.4, -0.2) is 18.3 Å². The Morgan fingerprint density at radius 2 is 2.21 bits per heavy atom. The zero-order valence-electron chi connectivity index (χ0n) is 17.3. The monoisotopic (exact) mass is 399 g/mol. The summed E-state index contributed by atoms with van der Waals surface area (Å²) in [5, 5.41) is 8.05. The van der Waals surface area contributed by atoms with Gasteiger partial charge in [-0.3, -0.25) is 4.99 Å². The minimum absolute atomic E-state index is 0.0451. The van der Waals surface area contributed by atoms with Crippen molar-refractivity contribution < 1.29 is 0 Å². The summed E-state index contributed by atoms with van der Waals surface area (Å²) in [7, 11) is 0. The topological polar surface area (TPSA) is 36.4 Å². The Labute approximate surface area is 175 Å². The van der Waals surface area contributed by atoms with Gasteiger partial charge in [0, 0.05) is 40.1 Å². The van der Waals surface area contributed by atoms with Gasteiger partial charge in [-0.1, -0.05) is 56.7 Å². The molecule has 28 heavy (non-hydrogen) atoms. The molecule has 1 aliphatic rings. The Bertz CT molecular complexity index is 720. The average Bonchev–Trinajstić information content (AvgIpc) is 2.66. The number of halogens is 1. The van der Waals surface area contributed by atoms with Gasteiger partial charge in [-0.05, 0) is 63.1 Å². The molecule has 0 amide bonds. The summed E-state index contributed by atoms with van der Waals surface area (Å²) in [5.74, 6) is 0.438. The average molecular weight is 400 g/mol. The van der Waals surface area contributed by atoms with Gasteiger partial charge in [0.1, 0.15) is 0 Å². The van der Waals surface area contributed by atoms with Gasteiger partial charge >= 0.3 is 0 Å². The molecule has 2 rings (SSSR count). The second kappa shape index (κ2) is 10.5. The van der Waals surface area contributed by atoms with Crippen molar-refractivity contribution in [2.45, 2.75) is 64.0 Å². The number of benzene rings is 1. The van der Waals surface area contributed by atoms with E-state index in [9.17, 15) is 0 Å². The van der Waals surface area contributed by atoms with E-state index in [1.807, 2.05) is 24.3 Å². The number of allylic oxidation sites excluding steroid dienone is 1. The highest BCUT2D eigenvalue weighted by Gasteiger charge is 2.37. The highest BCUT2D eigenvalue weighted by Crippen LogP contribution is 2.39. The molecule has 0 saturated heterocycles. The van der Waals surface area contributed by atoms with Crippen LogP contribution in [0.4, 0.5) is 0 Å². The first kappa shape index (κ1) is 22.3. The molecule has 0 radical (unpaired) electrons. The van der Waals surface area contributed by atoms with Crippen LogP contribution in [0.25, 0.3) is 5.70 Å². The van der Waals surface area contributed by atoms with Crippen molar-refractivity contribution in [2.24, 2.45) is 10.9 Å². The van der Waals surface area contributed by atoms with Gasteiger partial charge in [-0.15, -0.1) is 0 Å². The predicted octanol–water partition coefficient (Wildman–Crippen LogP) is 6.34. The van der Waals surface area contributed by atoms with E-state index in [-0.39, 0.29) is 11.6 Å². The van der Waals surface area contributed by atoms with Crippen LogP contribution in [0.2, 0.25) is 5.02 Å². The van der Waals surface area contributed by atoms with Gasteiger partial charge < -0.3 is 10.6 Å². The maximum absolute atomic E-state index is 6.17. The van der Waals surface area contributed by atoms with Crippen LogP contribution in [0.5, 0.6) is 0 Å². The second-order valence-electron chi connectivity index (χ2n) is 7.92. The Morgan fingerprint density at radius 3 is 2.89 bits per heavy atom. The molecule has 0 spiro atoms. The molecule has 0 heterocycles. The zero-order valence-corrected chi connectivity index (χ0v) is 18.1. The Balaban J connectivity index is 2.10. The lowest BCUT2D eigenvalue weighted by molar-refractivity contribution is 0.198. The summed E-state index contributed by atoms with van der Waals surface area (Å²) in [6.45, 7) is 16.5. The van der Waals surface area contributed by atoms with Crippen LogP contribution in [0.1, 0.15) is 57.9 Å². The molecule has 4 heteroatoms. The maximum Gasteiger partial charge on any atom is 0.0430 e. The van der Waals surface area contributed by atoms with Crippen LogP contribution in [0.3, 0.4) is 0 Å². The highest BCUT2D eigenvalue weighted by atomic mass is 35.5. The van der Waals surface area contributed by atoms with Crippen LogP contribution >= 0.6 is 11.6 Å². The fourth-order valence-corrected chi connectivity index (χ4v) is 4.45. The molecule has 152 valence electrons. The first-order valence-electron chi connectivity index (χ1n) is 10.2.